The maximum atomic E-state index is 4.51. The molecule has 0 saturated heterocycles. The summed E-state index contributed by atoms with van der Waals surface area (Å²) >= 11 is 0. The van der Waals surface area contributed by atoms with Crippen molar-refractivity contribution in [2.75, 3.05) is 0 Å². The van der Waals surface area contributed by atoms with Crippen molar-refractivity contribution in [1.29, 1.82) is 0 Å². The Labute approximate surface area is 109 Å². The highest BCUT2D eigenvalue weighted by atomic mass is 14.7. The number of aromatic nitrogens is 1. The molecular formula is C17H19N. The number of allylic oxidation sites excluding steroid dienone is 1. The third kappa shape index (κ3) is 2.51. The first-order chi connectivity index (χ1) is 8.61. The second-order valence-electron chi connectivity index (χ2n) is 4.73. The predicted octanol–water partition coefficient (Wildman–Crippen LogP) is 4.71. The van der Waals surface area contributed by atoms with Crippen molar-refractivity contribution in [3.05, 3.63) is 58.9 Å². The number of pyridine rings is 1. The van der Waals surface area contributed by atoms with Crippen molar-refractivity contribution >= 4 is 6.08 Å². The molecule has 0 saturated carbocycles. The summed E-state index contributed by atoms with van der Waals surface area (Å²) in [5, 5.41) is 0. The van der Waals surface area contributed by atoms with Crippen LogP contribution >= 0.6 is 0 Å². The minimum Gasteiger partial charge on any atom is -0.256 e. The van der Waals surface area contributed by atoms with E-state index in [1.807, 2.05) is 25.3 Å². The molecule has 0 fully saturated rings. The Bertz CT molecular complexity index is 595. The highest BCUT2D eigenvalue weighted by molar-refractivity contribution is 5.66. The molecule has 18 heavy (non-hydrogen) atoms. The van der Waals surface area contributed by atoms with E-state index in [2.05, 4.69) is 50.0 Å². The van der Waals surface area contributed by atoms with Gasteiger partial charge in [0.2, 0.25) is 0 Å². The first kappa shape index (κ1) is 12.6. The number of aryl methyl sites for hydroxylation is 3. The molecule has 0 amide bonds. The molecule has 92 valence electrons. The molecule has 0 bridgehead atoms. The van der Waals surface area contributed by atoms with Gasteiger partial charge in [0.05, 0.1) is 5.69 Å². The summed E-state index contributed by atoms with van der Waals surface area (Å²) in [5.41, 5.74) is 7.33. The topological polar surface area (TPSA) is 12.9 Å². The molecule has 0 aliphatic carbocycles. The first-order valence-electron chi connectivity index (χ1n) is 6.29. The second kappa shape index (κ2) is 5.18. The monoisotopic (exact) mass is 237 g/mol. The summed E-state index contributed by atoms with van der Waals surface area (Å²) in [5.74, 6) is 0. The summed E-state index contributed by atoms with van der Waals surface area (Å²) < 4.78 is 0. The van der Waals surface area contributed by atoms with Gasteiger partial charge in [-0.1, -0.05) is 24.3 Å². The molecule has 1 aromatic heterocycles. The minimum atomic E-state index is 1.05. The van der Waals surface area contributed by atoms with Gasteiger partial charge in [-0.3, -0.25) is 4.98 Å². The Hall–Kier alpha value is -1.89. The van der Waals surface area contributed by atoms with Gasteiger partial charge in [0.1, 0.15) is 0 Å². The summed E-state index contributed by atoms with van der Waals surface area (Å²) in [4.78, 5) is 4.51. The lowest BCUT2D eigenvalue weighted by atomic mass is 10.0. The highest BCUT2D eigenvalue weighted by Crippen LogP contribution is 2.23. The van der Waals surface area contributed by atoms with Gasteiger partial charge >= 0.3 is 0 Å². The van der Waals surface area contributed by atoms with Crippen LogP contribution in [0.4, 0.5) is 0 Å². The van der Waals surface area contributed by atoms with E-state index in [0.717, 1.165) is 5.69 Å². The molecule has 1 nitrogen and oxygen atoms in total. The standard InChI is InChI=1S/C17H19N/c1-5-6-17-14(4)10-16(11-18-17)15-8-7-12(2)13(3)9-15/h5-11H,1-4H3/b6-5-. The number of nitrogens with zero attached hydrogens (tertiary/aromatic N) is 1. The minimum absolute atomic E-state index is 1.05. The van der Waals surface area contributed by atoms with Crippen LogP contribution in [-0.2, 0) is 0 Å². The summed E-state index contributed by atoms with van der Waals surface area (Å²) in [6.45, 7) is 8.40. The maximum Gasteiger partial charge on any atom is 0.0655 e. The molecule has 0 spiro atoms. The van der Waals surface area contributed by atoms with Crippen LogP contribution in [0.1, 0.15) is 29.3 Å². The van der Waals surface area contributed by atoms with E-state index in [9.17, 15) is 0 Å². The average Bonchev–Trinajstić information content (AvgIpc) is 2.35. The third-order valence-electron chi connectivity index (χ3n) is 3.28. The molecule has 0 N–H and O–H groups in total. The van der Waals surface area contributed by atoms with Crippen LogP contribution in [0, 0.1) is 20.8 Å². The Balaban J connectivity index is 2.45. The fourth-order valence-corrected chi connectivity index (χ4v) is 2.00. The van der Waals surface area contributed by atoms with Crippen LogP contribution in [0.5, 0.6) is 0 Å². The highest BCUT2D eigenvalue weighted by Gasteiger charge is 2.03. The van der Waals surface area contributed by atoms with Crippen LogP contribution in [0.25, 0.3) is 17.2 Å². The normalized spacial score (nSPS) is 11.1. The van der Waals surface area contributed by atoms with Gasteiger partial charge in [0.15, 0.2) is 0 Å². The quantitative estimate of drug-likeness (QED) is 0.737. The molecule has 1 aromatic carbocycles. The van der Waals surface area contributed by atoms with E-state index >= 15 is 0 Å². The molecule has 0 aliphatic rings. The maximum absolute atomic E-state index is 4.51. The van der Waals surface area contributed by atoms with Gasteiger partial charge in [0.25, 0.3) is 0 Å². The molecule has 2 rings (SSSR count). The van der Waals surface area contributed by atoms with Gasteiger partial charge in [-0.2, -0.15) is 0 Å². The first-order valence-corrected chi connectivity index (χ1v) is 6.29. The SMILES string of the molecule is C/C=C\c1ncc(-c2ccc(C)c(C)c2)cc1C. The van der Waals surface area contributed by atoms with E-state index in [-0.39, 0.29) is 0 Å². The molecule has 1 heterocycles. The lowest BCUT2D eigenvalue weighted by Crippen LogP contribution is -1.90. The molecule has 0 radical (unpaired) electrons. The van der Waals surface area contributed by atoms with Gasteiger partial charge in [-0.15, -0.1) is 0 Å². The van der Waals surface area contributed by atoms with Crippen LogP contribution in [0.2, 0.25) is 0 Å². The zero-order chi connectivity index (χ0) is 13.1. The van der Waals surface area contributed by atoms with Gasteiger partial charge < -0.3 is 0 Å². The summed E-state index contributed by atoms with van der Waals surface area (Å²) in [7, 11) is 0. The van der Waals surface area contributed by atoms with E-state index in [4.69, 9.17) is 0 Å². The fourth-order valence-electron chi connectivity index (χ4n) is 2.00. The molecule has 0 unspecified atom stereocenters. The number of benzene rings is 1. The van der Waals surface area contributed by atoms with Crippen LogP contribution in [0.15, 0.2) is 36.5 Å². The lowest BCUT2D eigenvalue weighted by Gasteiger charge is -2.07. The van der Waals surface area contributed by atoms with E-state index < -0.39 is 0 Å². The third-order valence-corrected chi connectivity index (χ3v) is 3.28. The Morgan fingerprint density at radius 1 is 0.889 bits per heavy atom. The Kier molecular flexibility index (Phi) is 3.61. The van der Waals surface area contributed by atoms with Crippen molar-refractivity contribution in [3.63, 3.8) is 0 Å². The van der Waals surface area contributed by atoms with Gasteiger partial charge in [0, 0.05) is 11.8 Å². The molecule has 0 atom stereocenters. The second-order valence-corrected chi connectivity index (χ2v) is 4.73. The largest absolute Gasteiger partial charge is 0.256 e. The fraction of sp³-hybridized carbons (Fsp3) is 0.235. The molecule has 0 aliphatic heterocycles. The number of rotatable bonds is 2. The van der Waals surface area contributed by atoms with Gasteiger partial charge in [-0.05, 0) is 62.1 Å². The van der Waals surface area contributed by atoms with Crippen molar-refractivity contribution in [2.24, 2.45) is 0 Å². The van der Waals surface area contributed by atoms with E-state index in [1.54, 1.807) is 0 Å². The van der Waals surface area contributed by atoms with Crippen LogP contribution in [-0.4, -0.2) is 4.98 Å². The van der Waals surface area contributed by atoms with E-state index in [1.165, 1.54) is 27.8 Å². The zero-order valence-corrected chi connectivity index (χ0v) is 11.5. The van der Waals surface area contributed by atoms with E-state index in [0.29, 0.717) is 0 Å². The number of hydrogen-bond acceptors (Lipinski definition) is 1. The van der Waals surface area contributed by atoms with Crippen molar-refractivity contribution in [2.45, 2.75) is 27.7 Å². The smallest absolute Gasteiger partial charge is 0.0655 e. The summed E-state index contributed by atoms with van der Waals surface area (Å²) in [6.07, 6.45) is 6.01. The van der Waals surface area contributed by atoms with Crippen LogP contribution < -0.4 is 0 Å². The Morgan fingerprint density at radius 3 is 2.22 bits per heavy atom. The molecular weight excluding hydrogens is 218 g/mol. The van der Waals surface area contributed by atoms with Crippen LogP contribution in [0.3, 0.4) is 0 Å². The lowest BCUT2D eigenvalue weighted by molar-refractivity contribution is 1.23. The Morgan fingerprint density at radius 2 is 1.61 bits per heavy atom. The van der Waals surface area contributed by atoms with Gasteiger partial charge in [-0.25, -0.2) is 0 Å². The van der Waals surface area contributed by atoms with Crippen molar-refractivity contribution in [1.82, 2.24) is 4.98 Å². The molecule has 2 aromatic rings. The predicted molar refractivity (Wildman–Crippen MR) is 78.6 cm³/mol. The van der Waals surface area contributed by atoms with Crippen molar-refractivity contribution in [3.8, 4) is 11.1 Å². The zero-order valence-electron chi connectivity index (χ0n) is 11.5. The average molecular weight is 237 g/mol. The number of hydrogen-bond donors (Lipinski definition) is 0. The van der Waals surface area contributed by atoms with Crippen molar-refractivity contribution < 1.29 is 0 Å². The molecule has 1 heteroatoms. The summed E-state index contributed by atoms with van der Waals surface area (Å²) in [6, 6.07) is 8.75.